The van der Waals surface area contributed by atoms with Crippen LogP contribution in [-0.2, 0) is 22.5 Å². The number of para-hydroxylation sites is 1. The molecule has 4 rings (SSSR count). The van der Waals surface area contributed by atoms with Gasteiger partial charge in [-0.2, -0.15) is 0 Å². The number of nitrogens with one attached hydrogen (secondary N) is 1. The number of pyridine rings is 1. The van der Waals surface area contributed by atoms with Crippen LogP contribution in [0, 0.1) is 0 Å². The van der Waals surface area contributed by atoms with Crippen molar-refractivity contribution in [3.05, 3.63) is 65.4 Å². The first-order chi connectivity index (χ1) is 14.5. The summed E-state index contributed by atoms with van der Waals surface area (Å²) in [7, 11) is 3.56. The number of carbonyl (C=O) groups excluding carboxylic acids is 2. The molecule has 7 nitrogen and oxygen atoms in total. The predicted molar refractivity (Wildman–Crippen MR) is 114 cm³/mol. The third-order valence-electron chi connectivity index (χ3n) is 5.13. The average molecular weight is 405 g/mol. The zero-order valence-electron chi connectivity index (χ0n) is 17.0. The van der Waals surface area contributed by atoms with Crippen molar-refractivity contribution in [2.75, 3.05) is 32.6 Å². The highest BCUT2D eigenvalue weighted by atomic mass is 16.5. The van der Waals surface area contributed by atoms with E-state index in [4.69, 9.17) is 14.5 Å². The predicted octanol–water partition coefficient (Wildman–Crippen LogP) is 3.03. The molecule has 7 heteroatoms. The Labute approximate surface area is 174 Å². The molecule has 0 saturated heterocycles. The number of esters is 1. The number of amides is 1. The van der Waals surface area contributed by atoms with E-state index in [1.807, 2.05) is 31.3 Å². The van der Waals surface area contributed by atoms with Gasteiger partial charge in [-0.3, -0.25) is 9.78 Å². The fourth-order valence-corrected chi connectivity index (χ4v) is 3.66. The molecule has 1 aromatic heterocycles. The van der Waals surface area contributed by atoms with Gasteiger partial charge in [-0.25, -0.2) is 4.79 Å². The Kier molecular flexibility index (Phi) is 5.63. The summed E-state index contributed by atoms with van der Waals surface area (Å²) in [5, 5.41) is 3.45. The standard InChI is InChI=1S/C23H23N3O4/c1-26-11-10-20-18(13-26)22(17-8-3-4-9-19(17)25-20)23(28)30-14-21(27)24-15-6-5-7-16(12-15)29-2/h3-9,12H,10-11,13-14H2,1-2H3,(H,24,27). The zero-order valence-corrected chi connectivity index (χ0v) is 17.0. The van der Waals surface area contributed by atoms with Gasteiger partial charge in [0.15, 0.2) is 6.61 Å². The van der Waals surface area contributed by atoms with E-state index in [0.717, 1.165) is 35.1 Å². The lowest BCUT2D eigenvalue weighted by Crippen LogP contribution is -2.30. The van der Waals surface area contributed by atoms with Crippen LogP contribution in [0.15, 0.2) is 48.5 Å². The Morgan fingerprint density at radius 1 is 1.17 bits per heavy atom. The van der Waals surface area contributed by atoms with Crippen LogP contribution in [0.3, 0.4) is 0 Å². The first-order valence-corrected chi connectivity index (χ1v) is 9.75. The highest BCUT2D eigenvalue weighted by Gasteiger charge is 2.25. The topological polar surface area (TPSA) is 80.8 Å². The van der Waals surface area contributed by atoms with Crippen molar-refractivity contribution in [3.63, 3.8) is 0 Å². The zero-order chi connectivity index (χ0) is 21.1. The van der Waals surface area contributed by atoms with E-state index in [-0.39, 0.29) is 6.61 Å². The summed E-state index contributed by atoms with van der Waals surface area (Å²) >= 11 is 0. The van der Waals surface area contributed by atoms with Crippen LogP contribution in [-0.4, -0.2) is 49.1 Å². The number of carbonyl (C=O) groups is 2. The van der Waals surface area contributed by atoms with Gasteiger partial charge in [0.2, 0.25) is 0 Å². The molecule has 0 unspecified atom stereocenters. The summed E-state index contributed by atoms with van der Waals surface area (Å²) in [6.45, 7) is 1.13. The quantitative estimate of drug-likeness (QED) is 0.658. The van der Waals surface area contributed by atoms with Crippen molar-refractivity contribution in [2.45, 2.75) is 13.0 Å². The number of aromatic nitrogens is 1. The minimum absolute atomic E-state index is 0.378. The van der Waals surface area contributed by atoms with Crippen molar-refractivity contribution in [2.24, 2.45) is 0 Å². The molecule has 0 spiro atoms. The van der Waals surface area contributed by atoms with Crippen molar-refractivity contribution in [3.8, 4) is 5.75 Å². The smallest absolute Gasteiger partial charge is 0.339 e. The molecule has 3 aromatic rings. The lowest BCUT2D eigenvalue weighted by atomic mass is 9.96. The second-order valence-electron chi connectivity index (χ2n) is 7.27. The molecule has 1 amide bonds. The average Bonchev–Trinajstić information content (AvgIpc) is 2.76. The lowest BCUT2D eigenvalue weighted by molar-refractivity contribution is -0.119. The van der Waals surface area contributed by atoms with E-state index in [2.05, 4.69) is 10.2 Å². The van der Waals surface area contributed by atoms with E-state index in [1.165, 1.54) is 0 Å². The van der Waals surface area contributed by atoms with Gasteiger partial charge in [0.05, 0.1) is 18.2 Å². The van der Waals surface area contributed by atoms with Gasteiger partial charge in [0.1, 0.15) is 5.75 Å². The molecular formula is C23H23N3O4. The molecule has 1 aliphatic rings. The van der Waals surface area contributed by atoms with Gasteiger partial charge in [-0.05, 0) is 25.2 Å². The summed E-state index contributed by atoms with van der Waals surface area (Å²) in [4.78, 5) is 32.2. The van der Waals surface area contributed by atoms with Crippen molar-refractivity contribution < 1.29 is 19.1 Å². The van der Waals surface area contributed by atoms with Gasteiger partial charge in [0, 0.05) is 47.9 Å². The van der Waals surface area contributed by atoms with Crippen molar-refractivity contribution in [1.82, 2.24) is 9.88 Å². The van der Waals surface area contributed by atoms with Crippen LogP contribution in [0.1, 0.15) is 21.6 Å². The molecule has 0 bridgehead atoms. The molecule has 0 saturated carbocycles. The third kappa shape index (κ3) is 4.11. The highest BCUT2D eigenvalue weighted by Crippen LogP contribution is 2.28. The monoisotopic (exact) mass is 405 g/mol. The Morgan fingerprint density at radius 2 is 2.00 bits per heavy atom. The summed E-state index contributed by atoms with van der Waals surface area (Å²) in [5.74, 6) is -0.300. The minimum Gasteiger partial charge on any atom is -0.497 e. The SMILES string of the molecule is COc1cccc(NC(=O)COC(=O)c2c3c(nc4ccccc24)CCN(C)C3)c1. The van der Waals surface area contributed by atoms with Crippen molar-refractivity contribution in [1.29, 1.82) is 0 Å². The van der Waals surface area contributed by atoms with E-state index in [0.29, 0.717) is 23.5 Å². The molecule has 2 aromatic carbocycles. The number of rotatable bonds is 5. The van der Waals surface area contributed by atoms with Gasteiger partial charge in [-0.15, -0.1) is 0 Å². The molecule has 1 N–H and O–H groups in total. The molecular weight excluding hydrogens is 382 g/mol. The number of ether oxygens (including phenoxy) is 2. The molecule has 0 atom stereocenters. The van der Waals surface area contributed by atoms with Crippen molar-refractivity contribution >= 4 is 28.5 Å². The van der Waals surface area contributed by atoms with Gasteiger partial charge < -0.3 is 19.7 Å². The fourth-order valence-electron chi connectivity index (χ4n) is 3.66. The minimum atomic E-state index is -0.513. The molecule has 0 aliphatic carbocycles. The Bertz CT molecular complexity index is 1110. The second kappa shape index (κ2) is 8.51. The maximum absolute atomic E-state index is 13.0. The summed E-state index contributed by atoms with van der Waals surface area (Å²) in [6.07, 6.45) is 0.771. The fraction of sp³-hybridized carbons (Fsp3) is 0.261. The number of hydrogen-bond acceptors (Lipinski definition) is 6. The number of hydrogen-bond donors (Lipinski definition) is 1. The van der Waals surface area contributed by atoms with Crippen LogP contribution in [0.4, 0.5) is 5.69 Å². The van der Waals surface area contributed by atoms with Gasteiger partial charge >= 0.3 is 5.97 Å². The lowest BCUT2D eigenvalue weighted by Gasteiger charge is -2.26. The molecule has 154 valence electrons. The molecule has 2 heterocycles. The number of benzene rings is 2. The number of likely N-dealkylation sites (N-methyl/N-ethyl adjacent to an activating group) is 1. The molecule has 1 aliphatic heterocycles. The van der Waals surface area contributed by atoms with E-state index >= 15 is 0 Å². The van der Waals surface area contributed by atoms with Crippen LogP contribution in [0.5, 0.6) is 5.75 Å². The van der Waals surface area contributed by atoms with Crippen LogP contribution >= 0.6 is 0 Å². The maximum atomic E-state index is 13.0. The Morgan fingerprint density at radius 3 is 2.83 bits per heavy atom. The van der Waals surface area contributed by atoms with Crippen LogP contribution < -0.4 is 10.1 Å². The molecule has 0 radical (unpaired) electrons. The summed E-state index contributed by atoms with van der Waals surface area (Å²) in [6, 6.07) is 14.5. The normalized spacial score (nSPS) is 13.5. The first-order valence-electron chi connectivity index (χ1n) is 9.75. The maximum Gasteiger partial charge on any atom is 0.339 e. The van der Waals surface area contributed by atoms with Crippen LogP contribution in [0.2, 0.25) is 0 Å². The van der Waals surface area contributed by atoms with Crippen LogP contribution in [0.25, 0.3) is 10.9 Å². The summed E-state index contributed by atoms with van der Waals surface area (Å²) in [5.41, 5.74) is 3.62. The second-order valence-corrected chi connectivity index (χ2v) is 7.27. The van der Waals surface area contributed by atoms with Gasteiger partial charge in [-0.1, -0.05) is 24.3 Å². The first kappa shape index (κ1) is 19.8. The Hall–Kier alpha value is -3.45. The van der Waals surface area contributed by atoms with E-state index in [9.17, 15) is 9.59 Å². The number of methoxy groups -OCH3 is 1. The number of nitrogens with zero attached hydrogens (tertiary/aromatic N) is 2. The molecule has 0 fully saturated rings. The largest absolute Gasteiger partial charge is 0.497 e. The summed E-state index contributed by atoms with van der Waals surface area (Å²) < 4.78 is 10.5. The highest BCUT2D eigenvalue weighted by molar-refractivity contribution is 6.06. The Balaban J connectivity index is 1.54. The third-order valence-corrected chi connectivity index (χ3v) is 5.13. The van der Waals surface area contributed by atoms with E-state index in [1.54, 1.807) is 31.4 Å². The van der Waals surface area contributed by atoms with Gasteiger partial charge in [0.25, 0.3) is 5.91 Å². The number of fused-ring (bicyclic) bond motifs is 2. The molecule has 30 heavy (non-hydrogen) atoms. The number of anilines is 1. The van der Waals surface area contributed by atoms with E-state index < -0.39 is 11.9 Å².